The molecule has 0 unspecified atom stereocenters. The van der Waals surface area contributed by atoms with Gasteiger partial charge in [0.1, 0.15) is 0 Å². The molecule has 8 aromatic rings. The van der Waals surface area contributed by atoms with Gasteiger partial charge in [-0.25, -0.2) is 0 Å². The maximum atomic E-state index is 17.2. The molecule has 650 valence electrons. The molecule has 0 aliphatic carbocycles. The first-order chi connectivity index (χ1) is 52.4. The van der Waals surface area contributed by atoms with Gasteiger partial charge in [-0.15, -0.1) is 0 Å². The molecule has 0 spiro atoms. The summed E-state index contributed by atoms with van der Waals surface area (Å²) in [6.07, 6.45) is 0. The zero-order chi connectivity index (χ0) is 90.7. The minimum atomic E-state index is -5.68. The van der Waals surface area contributed by atoms with E-state index in [1.807, 2.05) is 0 Å². The van der Waals surface area contributed by atoms with Crippen LogP contribution in [0.4, 0.5) is 0 Å². The van der Waals surface area contributed by atoms with E-state index in [1.165, 1.54) is 89.0 Å². The average Bonchev–Trinajstić information content (AvgIpc) is 0.652. The van der Waals surface area contributed by atoms with Crippen molar-refractivity contribution in [2.45, 2.75) is 419 Å². The molecule has 0 saturated heterocycles. The van der Waals surface area contributed by atoms with Gasteiger partial charge in [0.2, 0.25) is 0 Å². The zero-order valence-electron chi connectivity index (χ0n) is 84.5. The molecule has 8 rings (SSSR count). The Balaban J connectivity index is 2.08. The van der Waals surface area contributed by atoms with Gasteiger partial charge in [-0.1, -0.05) is 0 Å². The summed E-state index contributed by atoms with van der Waals surface area (Å²) in [6.45, 7) is 104. The second-order valence-electron chi connectivity index (χ2n) is 52.3. The predicted molar refractivity (Wildman–Crippen MR) is 533 cm³/mol. The summed E-state index contributed by atoms with van der Waals surface area (Å²) in [5, 5.41) is 8.55. The molecule has 0 atom stereocenters. The fraction of sp³-hybridized carbons (Fsp3) is 0.571. The first kappa shape index (κ1) is 98.4. The number of rotatable bonds is 12. The quantitative estimate of drug-likeness (QED) is 0.124. The molecular formula is C112H169O3P3. The van der Waals surface area contributed by atoms with Crippen LogP contribution in [0.15, 0.2) is 146 Å². The fourth-order valence-corrected chi connectivity index (χ4v) is 36.3. The summed E-state index contributed by atoms with van der Waals surface area (Å²) in [5.74, 6) is 0. The topological polar surface area (TPSA) is 38.7 Å². The van der Waals surface area contributed by atoms with Crippen molar-refractivity contribution >= 4 is 64.7 Å². The van der Waals surface area contributed by atoms with Gasteiger partial charge in [0, 0.05) is 0 Å². The van der Waals surface area contributed by atoms with E-state index in [9.17, 15) is 8.62 Å². The number of benzene rings is 8. The van der Waals surface area contributed by atoms with E-state index >= 15 is 4.89 Å². The van der Waals surface area contributed by atoms with Crippen LogP contribution in [-0.4, -0.2) is 4.89 Å². The van der Waals surface area contributed by atoms with Crippen molar-refractivity contribution in [2.24, 2.45) is 0 Å². The Bertz CT molecular complexity index is 4100. The average molecular weight is 1660 g/mol. The standard InChI is InChI=1S/C112H169O3P3/c1-97(2,3)73-49-57-89(81(65-73)105(25,26)27)117(90-58-50-74(98(4,5)6)66-82(90)106(28,29)30,91-59-51-75(99(7,8)9)67-83(91)107(31,32)33,92-60-52-76(100(10,11)12)68-84(92)108(34,35)36)114-116(113)115-118(93-61-53-77(101(13,14)15)69-85(93)109(37,38)39,94-62-54-78(102(16,17)18)70-86(94)110(40,41)42,95-63-55-79(103(19,20)21)71-87(95)111(43,44)45)96-64-56-80(104(22,23)24)72-88(96)112(46,47)48/h49-72,113H,1-48H3. The molecule has 0 fully saturated rings. The first-order valence-corrected chi connectivity index (χ1v) is 50.1. The normalized spacial score (nSPS) is 15.4. The van der Waals surface area contributed by atoms with E-state index in [4.69, 9.17) is 0 Å². The van der Waals surface area contributed by atoms with Gasteiger partial charge in [-0.3, -0.25) is 0 Å². The van der Waals surface area contributed by atoms with Crippen LogP contribution in [0.25, 0.3) is 0 Å². The second kappa shape index (κ2) is 30.7. The van der Waals surface area contributed by atoms with Crippen LogP contribution in [0.2, 0.25) is 0 Å². The molecule has 0 bridgehead atoms. The summed E-state index contributed by atoms with van der Waals surface area (Å²) in [5.41, 5.74) is 12.5. The molecule has 0 amide bonds. The summed E-state index contributed by atoms with van der Waals surface area (Å²) in [7, 11) is -3.35. The van der Waals surface area contributed by atoms with E-state index in [1.54, 1.807) is 0 Å². The van der Waals surface area contributed by atoms with Crippen molar-refractivity contribution in [3.63, 3.8) is 0 Å². The third kappa shape index (κ3) is 18.3. The van der Waals surface area contributed by atoms with Crippen molar-refractivity contribution < 1.29 is 13.5 Å². The van der Waals surface area contributed by atoms with Crippen molar-refractivity contribution in [1.29, 1.82) is 0 Å². The Morgan fingerprint density at radius 2 is 0.254 bits per heavy atom. The van der Waals surface area contributed by atoms with Crippen LogP contribution in [-0.2, 0) is 95.3 Å². The Labute approximate surface area is 726 Å². The van der Waals surface area contributed by atoms with Gasteiger partial charge in [0.05, 0.1) is 0 Å². The molecule has 0 aliphatic heterocycles. The third-order valence-corrected chi connectivity index (χ3v) is 39.7. The Kier molecular flexibility index (Phi) is 25.6. The molecule has 0 radical (unpaired) electrons. The maximum absolute atomic E-state index is 17.2. The van der Waals surface area contributed by atoms with E-state index in [0.717, 1.165) is 42.4 Å². The van der Waals surface area contributed by atoms with Crippen LogP contribution in [0.5, 0.6) is 0 Å². The van der Waals surface area contributed by atoms with Crippen LogP contribution >= 0.6 is 22.3 Å². The van der Waals surface area contributed by atoms with Gasteiger partial charge < -0.3 is 0 Å². The molecule has 0 aliphatic rings. The summed E-state index contributed by atoms with van der Waals surface area (Å²) >= 11 is 0. The molecule has 8 aromatic carbocycles. The molecule has 1 N–H and O–H groups in total. The van der Waals surface area contributed by atoms with Crippen molar-refractivity contribution in [3.05, 3.63) is 235 Å². The zero-order valence-corrected chi connectivity index (χ0v) is 87.1. The minimum absolute atomic E-state index is 0.276. The number of hydrogen-bond donors (Lipinski definition) is 1. The molecule has 6 heteroatoms. The predicted octanol–water partition coefficient (Wildman–Crippen LogP) is 29.5. The van der Waals surface area contributed by atoms with Gasteiger partial charge >= 0.3 is 732 Å². The molecule has 118 heavy (non-hydrogen) atoms. The summed E-state index contributed by atoms with van der Waals surface area (Å²) in [4.78, 5) is 17.2. The van der Waals surface area contributed by atoms with Gasteiger partial charge in [0.25, 0.3) is 0 Å². The summed E-state index contributed by atoms with van der Waals surface area (Å²) in [6, 6.07) is 60.5. The van der Waals surface area contributed by atoms with Gasteiger partial charge in [-0.2, -0.15) is 0 Å². The van der Waals surface area contributed by atoms with Crippen LogP contribution in [0, 0.1) is 0 Å². The summed E-state index contributed by atoms with van der Waals surface area (Å²) < 4.78 is 20.3. The van der Waals surface area contributed by atoms with E-state index in [2.05, 4.69) is 478 Å². The van der Waals surface area contributed by atoms with Crippen molar-refractivity contribution in [2.75, 3.05) is 0 Å². The van der Waals surface area contributed by atoms with Crippen molar-refractivity contribution in [3.8, 4) is 0 Å². The van der Waals surface area contributed by atoms with Gasteiger partial charge in [-0.05, 0) is 0 Å². The van der Waals surface area contributed by atoms with E-state index in [-0.39, 0.29) is 43.3 Å². The first-order valence-electron chi connectivity index (χ1n) is 44.6. The Hall–Kier alpha value is -5.07. The van der Waals surface area contributed by atoms with Crippen LogP contribution < -0.4 is 42.4 Å². The molecule has 0 aromatic heterocycles. The van der Waals surface area contributed by atoms with Crippen molar-refractivity contribution in [1.82, 2.24) is 0 Å². The van der Waals surface area contributed by atoms with E-state index in [0.29, 0.717) is 0 Å². The second-order valence-corrected chi connectivity index (χ2v) is 62.1. The monoisotopic (exact) mass is 1660 g/mol. The van der Waals surface area contributed by atoms with Crippen LogP contribution in [0.3, 0.4) is 0 Å². The third-order valence-electron chi connectivity index (χ3n) is 25.5. The SMILES string of the molecule is CC(C)(C)c1ccc(P(OP(O)OP(c2ccc(C(C)(C)C)cc2C(C)(C)C)(c2ccc(C(C)(C)C)cc2C(C)(C)C)(c2ccc(C(C)(C)C)cc2C(C)(C)C)c2ccc(C(C)(C)C)cc2C(C)(C)C)(c2ccc(C(C)(C)C)cc2C(C)(C)C)(c2ccc(C(C)(C)C)cc2C(C)(C)C)c2ccc(C(C)(C)C)cc2C(C)(C)C)c(C(C)(C)C)c1. The Morgan fingerprint density at radius 1 is 0.161 bits per heavy atom. The van der Waals surface area contributed by atoms with Crippen LogP contribution in [0.1, 0.15) is 421 Å². The molecule has 0 heterocycles. The van der Waals surface area contributed by atoms with Gasteiger partial charge in [0.15, 0.2) is 0 Å². The van der Waals surface area contributed by atoms with E-state index < -0.39 is 65.6 Å². The fourth-order valence-electron chi connectivity index (χ4n) is 18.0. The number of hydrogen-bond acceptors (Lipinski definition) is 3. The Morgan fingerprint density at radius 3 is 0.331 bits per heavy atom. The molecule has 3 nitrogen and oxygen atoms in total. The molecular weight excluding hydrogens is 1490 g/mol. The molecule has 0 saturated carbocycles.